The number of anilines is 2. The Balaban J connectivity index is 2.15. The number of ether oxygens (including phenoxy) is 1. The van der Waals surface area contributed by atoms with Crippen molar-refractivity contribution in [3.05, 3.63) is 47.0 Å². The highest BCUT2D eigenvalue weighted by atomic mass is 35.5. The highest BCUT2D eigenvalue weighted by Crippen LogP contribution is 2.22. The van der Waals surface area contributed by atoms with Crippen LogP contribution in [0.2, 0.25) is 5.02 Å². The maximum atomic E-state index is 6.01. The fourth-order valence-corrected chi connectivity index (χ4v) is 2.10. The summed E-state index contributed by atoms with van der Waals surface area (Å²) in [5.41, 5.74) is 0.942. The molecule has 2 rings (SSSR count). The molecule has 4 nitrogen and oxygen atoms in total. The molecule has 1 aromatic heterocycles. The minimum absolute atomic E-state index is 0.324. The maximum Gasteiger partial charge on any atom is 0.270 e. The van der Waals surface area contributed by atoms with Crippen molar-refractivity contribution in [1.29, 1.82) is 0 Å². The van der Waals surface area contributed by atoms with Crippen LogP contribution in [0.4, 0.5) is 11.6 Å². The van der Waals surface area contributed by atoms with Gasteiger partial charge in [0.1, 0.15) is 17.4 Å². The monoisotopic (exact) mass is 335 g/mol. The van der Waals surface area contributed by atoms with Gasteiger partial charge in [0.2, 0.25) is 0 Å². The van der Waals surface area contributed by atoms with Crippen molar-refractivity contribution < 1.29 is 4.74 Å². The van der Waals surface area contributed by atoms with Crippen LogP contribution in [0.15, 0.2) is 36.4 Å². The summed E-state index contributed by atoms with van der Waals surface area (Å²) in [4.78, 5) is 8.19. The Labute approximate surface area is 141 Å². The van der Waals surface area contributed by atoms with Gasteiger partial charge in [-0.3, -0.25) is 4.90 Å². The third-order valence-electron chi connectivity index (χ3n) is 3.13. The van der Waals surface area contributed by atoms with Crippen molar-refractivity contribution in [2.45, 2.75) is 6.92 Å². The summed E-state index contributed by atoms with van der Waals surface area (Å²) in [6, 6.07) is 11.2. The molecule has 1 heterocycles. The first-order valence-electron chi connectivity index (χ1n) is 6.74. The number of benzene rings is 1. The summed E-state index contributed by atoms with van der Waals surface area (Å²) >= 11 is 11.4. The second kappa shape index (κ2) is 6.94. The molecule has 2 aromatic rings. The zero-order valence-corrected chi connectivity index (χ0v) is 14.6. The van der Waals surface area contributed by atoms with Gasteiger partial charge in [-0.05, 0) is 55.0 Å². The van der Waals surface area contributed by atoms with Crippen LogP contribution in [-0.2, 0) is 0 Å². The standard InChI is InChI=1S/C16H18ClN3OS/c1-11-10-12(8-9-13(11)17)21-16(22)20(4)15-7-5-6-14(18-15)19(2)3/h5-10H,1-4H3. The molecule has 1 aromatic carbocycles. The van der Waals surface area contributed by atoms with Crippen molar-refractivity contribution in [2.24, 2.45) is 0 Å². The first-order chi connectivity index (χ1) is 10.4. The van der Waals surface area contributed by atoms with E-state index in [0.29, 0.717) is 15.9 Å². The van der Waals surface area contributed by atoms with Crippen LogP contribution in [-0.4, -0.2) is 31.3 Å². The fraction of sp³-hybridized carbons (Fsp3) is 0.250. The molecule has 0 unspecified atom stereocenters. The lowest BCUT2D eigenvalue weighted by Crippen LogP contribution is -2.30. The average molecular weight is 336 g/mol. The number of hydrogen-bond acceptors (Lipinski definition) is 4. The molecule has 6 heteroatoms. The predicted molar refractivity (Wildman–Crippen MR) is 96.4 cm³/mol. The molecule has 0 bridgehead atoms. The Bertz CT molecular complexity index is 691. The number of aryl methyl sites for hydroxylation is 1. The molecule has 0 saturated carbocycles. The number of thiocarbonyl (C=S) groups is 1. The van der Waals surface area contributed by atoms with Gasteiger partial charge in [0.05, 0.1) is 0 Å². The summed E-state index contributed by atoms with van der Waals surface area (Å²) in [6.07, 6.45) is 0. The van der Waals surface area contributed by atoms with Crippen LogP contribution in [0.25, 0.3) is 0 Å². The molecule has 0 atom stereocenters. The van der Waals surface area contributed by atoms with Crippen molar-refractivity contribution in [2.75, 3.05) is 30.9 Å². The van der Waals surface area contributed by atoms with Gasteiger partial charge >= 0.3 is 0 Å². The van der Waals surface area contributed by atoms with Crippen LogP contribution in [0, 0.1) is 6.92 Å². The molecule has 116 valence electrons. The number of pyridine rings is 1. The topological polar surface area (TPSA) is 28.6 Å². The van der Waals surface area contributed by atoms with Crippen molar-refractivity contribution in [1.82, 2.24) is 4.98 Å². The SMILES string of the molecule is Cc1cc(OC(=S)N(C)c2cccc(N(C)C)n2)ccc1Cl. The summed E-state index contributed by atoms with van der Waals surface area (Å²) in [7, 11) is 5.71. The fourth-order valence-electron chi connectivity index (χ4n) is 1.79. The van der Waals surface area contributed by atoms with Gasteiger partial charge in [-0.15, -0.1) is 0 Å². The van der Waals surface area contributed by atoms with E-state index in [1.807, 2.05) is 57.2 Å². The Morgan fingerprint density at radius 2 is 1.82 bits per heavy atom. The molecular weight excluding hydrogens is 318 g/mol. The van der Waals surface area contributed by atoms with Crippen molar-refractivity contribution in [3.8, 4) is 5.75 Å². The Morgan fingerprint density at radius 1 is 1.14 bits per heavy atom. The summed E-state index contributed by atoms with van der Waals surface area (Å²) in [6.45, 7) is 1.92. The Morgan fingerprint density at radius 3 is 2.45 bits per heavy atom. The van der Waals surface area contributed by atoms with E-state index in [0.717, 1.165) is 17.2 Å². The number of halogens is 1. The third kappa shape index (κ3) is 3.87. The molecule has 0 N–H and O–H groups in total. The lowest BCUT2D eigenvalue weighted by Gasteiger charge is -2.21. The van der Waals surface area contributed by atoms with Gasteiger partial charge in [0.15, 0.2) is 0 Å². The lowest BCUT2D eigenvalue weighted by atomic mass is 10.2. The number of hydrogen-bond donors (Lipinski definition) is 0. The average Bonchev–Trinajstić information content (AvgIpc) is 2.50. The van der Waals surface area contributed by atoms with Gasteiger partial charge < -0.3 is 9.64 Å². The van der Waals surface area contributed by atoms with Crippen LogP contribution < -0.4 is 14.5 Å². The highest BCUT2D eigenvalue weighted by Gasteiger charge is 2.12. The third-order valence-corrected chi connectivity index (χ3v) is 3.91. The second-order valence-corrected chi connectivity index (χ2v) is 5.84. The Hall–Kier alpha value is -1.85. The van der Waals surface area contributed by atoms with E-state index in [4.69, 9.17) is 28.6 Å². The van der Waals surface area contributed by atoms with E-state index >= 15 is 0 Å². The van der Waals surface area contributed by atoms with Crippen LogP contribution >= 0.6 is 23.8 Å². The smallest absolute Gasteiger partial charge is 0.270 e. The minimum Gasteiger partial charge on any atom is -0.432 e. The van der Waals surface area contributed by atoms with E-state index in [1.165, 1.54) is 0 Å². The van der Waals surface area contributed by atoms with Crippen LogP contribution in [0.5, 0.6) is 5.75 Å². The largest absolute Gasteiger partial charge is 0.432 e. The Kier molecular flexibility index (Phi) is 5.21. The van der Waals surface area contributed by atoms with Gasteiger partial charge in [-0.25, -0.2) is 4.98 Å². The molecule has 22 heavy (non-hydrogen) atoms. The molecular formula is C16H18ClN3OS. The normalized spacial score (nSPS) is 10.2. The van der Waals surface area contributed by atoms with Gasteiger partial charge in [-0.2, -0.15) is 0 Å². The van der Waals surface area contributed by atoms with Crippen molar-refractivity contribution >= 4 is 40.6 Å². The van der Waals surface area contributed by atoms with E-state index in [-0.39, 0.29) is 0 Å². The quantitative estimate of drug-likeness (QED) is 0.793. The number of aromatic nitrogens is 1. The zero-order chi connectivity index (χ0) is 16.3. The molecule has 0 radical (unpaired) electrons. The molecule has 0 spiro atoms. The van der Waals surface area contributed by atoms with E-state index in [2.05, 4.69) is 4.98 Å². The molecule has 0 amide bonds. The van der Waals surface area contributed by atoms with Crippen LogP contribution in [0.3, 0.4) is 0 Å². The molecule has 0 saturated heterocycles. The summed E-state index contributed by atoms with van der Waals surface area (Å²) < 4.78 is 5.71. The van der Waals surface area contributed by atoms with E-state index < -0.39 is 0 Å². The second-order valence-electron chi connectivity index (χ2n) is 5.09. The predicted octanol–water partition coefficient (Wildman–Crippen LogP) is 3.91. The maximum absolute atomic E-state index is 6.01. The minimum atomic E-state index is 0.324. The highest BCUT2D eigenvalue weighted by molar-refractivity contribution is 7.80. The molecule has 0 aliphatic rings. The van der Waals surface area contributed by atoms with Crippen molar-refractivity contribution in [3.63, 3.8) is 0 Å². The van der Waals surface area contributed by atoms with Gasteiger partial charge in [-0.1, -0.05) is 17.7 Å². The summed E-state index contributed by atoms with van der Waals surface area (Å²) in [5, 5.41) is 1.03. The lowest BCUT2D eigenvalue weighted by molar-refractivity contribution is 0.551. The molecule has 0 aliphatic carbocycles. The number of rotatable bonds is 3. The number of nitrogens with zero attached hydrogens (tertiary/aromatic N) is 3. The molecule has 0 fully saturated rings. The van der Waals surface area contributed by atoms with Gasteiger partial charge in [0, 0.05) is 26.2 Å². The van der Waals surface area contributed by atoms with Crippen LogP contribution in [0.1, 0.15) is 5.56 Å². The summed E-state index contributed by atoms with van der Waals surface area (Å²) in [5.74, 6) is 2.24. The van der Waals surface area contributed by atoms with E-state index in [1.54, 1.807) is 17.0 Å². The van der Waals surface area contributed by atoms with Gasteiger partial charge in [0.25, 0.3) is 5.17 Å². The first-order valence-corrected chi connectivity index (χ1v) is 7.53. The van der Waals surface area contributed by atoms with E-state index in [9.17, 15) is 0 Å². The first kappa shape index (κ1) is 16.5. The molecule has 0 aliphatic heterocycles. The zero-order valence-electron chi connectivity index (χ0n) is 13.0.